The van der Waals surface area contributed by atoms with E-state index < -0.39 is 5.25 Å². The molecule has 0 saturated carbocycles. The van der Waals surface area contributed by atoms with Crippen LogP contribution in [0.4, 0.5) is 11.4 Å². The highest BCUT2D eigenvalue weighted by molar-refractivity contribution is 8.15. The molecule has 3 aromatic rings. The number of nitrogens with one attached hydrogen (secondary N) is 1. The Morgan fingerprint density at radius 2 is 1.78 bits per heavy atom. The summed E-state index contributed by atoms with van der Waals surface area (Å²) < 4.78 is 10.7. The maximum atomic E-state index is 13.3. The van der Waals surface area contributed by atoms with E-state index in [1.807, 2.05) is 18.2 Å². The summed E-state index contributed by atoms with van der Waals surface area (Å²) in [6, 6.07) is 19.5. The molecule has 0 aliphatic carbocycles. The number of ether oxygens (including phenoxy) is 2. The summed E-state index contributed by atoms with van der Waals surface area (Å²) in [5.41, 5.74) is 2.17. The van der Waals surface area contributed by atoms with E-state index in [2.05, 4.69) is 5.32 Å². The number of hydrogen-bond acceptors (Lipinski definition) is 6. The summed E-state index contributed by atoms with van der Waals surface area (Å²) in [4.78, 5) is 32.6. The number of carbonyl (C=O) groups is 2. The average Bonchev–Trinajstić information content (AvgIpc) is 2.89. The molecule has 4 rings (SSSR count). The third kappa shape index (κ3) is 6.97. The molecule has 1 N–H and O–H groups in total. The van der Waals surface area contributed by atoms with Crippen LogP contribution < -0.4 is 14.8 Å². The van der Waals surface area contributed by atoms with Crippen molar-refractivity contribution >= 4 is 63.3 Å². The molecular formula is C27H25Cl2N3O4S. The number of amidine groups is 1. The molecule has 1 atom stereocenters. The Kier molecular flexibility index (Phi) is 8.97. The third-order valence-corrected chi connectivity index (χ3v) is 7.32. The quantitative estimate of drug-likeness (QED) is 0.356. The van der Waals surface area contributed by atoms with Crippen molar-refractivity contribution in [3.63, 3.8) is 0 Å². The second kappa shape index (κ2) is 12.4. The van der Waals surface area contributed by atoms with E-state index in [-0.39, 0.29) is 18.2 Å². The summed E-state index contributed by atoms with van der Waals surface area (Å²) in [7, 11) is 3.16. The molecular weight excluding hydrogens is 533 g/mol. The SMILES string of the molecule is COc1ccc(CCN2C(=O)CC(C(=O)Nc3ccc(Cl)cc3)SC2=Nc2cccc(Cl)c2)cc1OC. The van der Waals surface area contributed by atoms with Gasteiger partial charge in [0.15, 0.2) is 16.7 Å². The first-order valence-electron chi connectivity index (χ1n) is 11.4. The number of carbonyl (C=O) groups excluding carboxylic acids is 2. The average molecular weight is 558 g/mol. The minimum absolute atomic E-state index is 0.0462. The van der Waals surface area contributed by atoms with Crippen LogP contribution in [-0.4, -0.2) is 47.9 Å². The number of halogens is 2. The standard InChI is InChI=1S/C27H25Cl2N3O4S/c1-35-22-11-6-17(14-23(22)36-2)12-13-32-25(33)16-24(26(34)30-20-9-7-18(28)8-10-20)37-27(32)31-21-5-3-4-19(29)15-21/h3-11,14-15,24H,12-13,16H2,1-2H3,(H,30,34). The highest BCUT2D eigenvalue weighted by Crippen LogP contribution is 2.32. The van der Waals surface area contributed by atoms with Crippen molar-refractivity contribution in [2.75, 3.05) is 26.1 Å². The lowest BCUT2D eigenvalue weighted by Crippen LogP contribution is -2.46. The maximum absolute atomic E-state index is 13.3. The summed E-state index contributed by atoms with van der Waals surface area (Å²) >= 11 is 13.3. The van der Waals surface area contributed by atoms with Crippen molar-refractivity contribution in [1.29, 1.82) is 0 Å². The molecule has 1 unspecified atom stereocenters. The van der Waals surface area contributed by atoms with Crippen LogP contribution >= 0.6 is 35.0 Å². The van der Waals surface area contributed by atoms with Crippen molar-refractivity contribution in [2.45, 2.75) is 18.1 Å². The van der Waals surface area contributed by atoms with Crippen LogP contribution in [-0.2, 0) is 16.0 Å². The summed E-state index contributed by atoms with van der Waals surface area (Å²) in [5, 5.41) is 3.76. The lowest BCUT2D eigenvalue weighted by molar-refractivity contribution is -0.129. The van der Waals surface area contributed by atoms with Crippen molar-refractivity contribution in [3.8, 4) is 11.5 Å². The molecule has 2 amide bonds. The molecule has 3 aromatic carbocycles. The lowest BCUT2D eigenvalue weighted by atomic mass is 10.1. The van der Waals surface area contributed by atoms with Gasteiger partial charge in [0, 0.05) is 28.7 Å². The molecule has 7 nitrogen and oxygen atoms in total. The van der Waals surface area contributed by atoms with Crippen LogP contribution in [0, 0.1) is 0 Å². The number of thioether (sulfide) groups is 1. The van der Waals surface area contributed by atoms with E-state index in [4.69, 9.17) is 37.7 Å². The number of nitrogens with zero attached hydrogens (tertiary/aromatic N) is 2. The van der Waals surface area contributed by atoms with Gasteiger partial charge in [-0.05, 0) is 66.6 Å². The van der Waals surface area contributed by atoms with Crippen molar-refractivity contribution in [1.82, 2.24) is 4.90 Å². The molecule has 0 bridgehead atoms. The first-order chi connectivity index (χ1) is 17.9. The number of anilines is 1. The van der Waals surface area contributed by atoms with Crippen molar-refractivity contribution < 1.29 is 19.1 Å². The highest BCUT2D eigenvalue weighted by Gasteiger charge is 2.35. The van der Waals surface area contributed by atoms with E-state index in [1.54, 1.807) is 67.7 Å². The summed E-state index contributed by atoms with van der Waals surface area (Å²) in [6.07, 6.45) is 0.605. The molecule has 1 fully saturated rings. The summed E-state index contributed by atoms with van der Waals surface area (Å²) in [6.45, 7) is 0.381. The number of benzene rings is 3. The number of amides is 2. The van der Waals surface area contributed by atoms with E-state index in [0.717, 1.165) is 5.56 Å². The fourth-order valence-electron chi connectivity index (χ4n) is 3.75. The van der Waals surface area contributed by atoms with E-state index in [0.29, 0.717) is 51.1 Å². The Balaban J connectivity index is 1.55. The van der Waals surface area contributed by atoms with Crippen molar-refractivity contribution in [2.24, 2.45) is 4.99 Å². The van der Waals surface area contributed by atoms with Gasteiger partial charge in [0.25, 0.3) is 0 Å². The van der Waals surface area contributed by atoms with E-state index >= 15 is 0 Å². The van der Waals surface area contributed by atoms with Crippen LogP contribution in [0.3, 0.4) is 0 Å². The summed E-state index contributed by atoms with van der Waals surface area (Å²) in [5.74, 6) is 0.787. The van der Waals surface area contributed by atoms with Gasteiger partial charge in [0.05, 0.1) is 19.9 Å². The molecule has 37 heavy (non-hydrogen) atoms. The van der Waals surface area contributed by atoms with Gasteiger partial charge in [0.2, 0.25) is 11.8 Å². The second-order valence-electron chi connectivity index (χ2n) is 8.17. The van der Waals surface area contributed by atoms with Gasteiger partial charge in [-0.15, -0.1) is 0 Å². The fraction of sp³-hybridized carbons (Fsp3) is 0.222. The zero-order valence-corrected chi connectivity index (χ0v) is 22.6. The predicted octanol–water partition coefficient (Wildman–Crippen LogP) is 6.21. The molecule has 0 aromatic heterocycles. The normalized spacial score (nSPS) is 16.5. The predicted molar refractivity (Wildman–Crippen MR) is 150 cm³/mol. The lowest BCUT2D eigenvalue weighted by Gasteiger charge is -2.32. The Bertz CT molecular complexity index is 1320. The first-order valence-corrected chi connectivity index (χ1v) is 13.1. The largest absolute Gasteiger partial charge is 0.493 e. The number of aliphatic imine (C=N–C) groups is 1. The Labute approximate surface area is 229 Å². The van der Waals surface area contributed by atoms with Gasteiger partial charge in [-0.2, -0.15) is 0 Å². The molecule has 10 heteroatoms. The molecule has 1 aliphatic heterocycles. The van der Waals surface area contributed by atoms with Gasteiger partial charge in [-0.1, -0.05) is 47.1 Å². The minimum Gasteiger partial charge on any atom is -0.493 e. The zero-order chi connectivity index (χ0) is 26.4. The van der Waals surface area contributed by atoms with E-state index in [1.165, 1.54) is 11.8 Å². The smallest absolute Gasteiger partial charge is 0.238 e. The Hall–Kier alpha value is -3.20. The zero-order valence-electron chi connectivity index (χ0n) is 20.2. The number of rotatable bonds is 8. The maximum Gasteiger partial charge on any atom is 0.238 e. The number of hydrogen-bond donors (Lipinski definition) is 1. The van der Waals surface area contributed by atoms with Crippen LogP contribution in [0.25, 0.3) is 0 Å². The molecule has 0 spiro atoms. The van der Waals surface area contributed by atoms with Crippen LogP contribution in [0.15, 0.2) is 71.7 Å². The van der Waals surface area contributed by atoms with Gasteiger partial charge < -0.3 is 14.8 Å². The minimum atomic E-state index is -0.640. The van der Waals surface area contributed by atoms with E-state index in [9.17, 15) is 9.59 Å². The molecule has 0 radical (unpaired) electrons. The third-order valence-electron chi connectivity index (χ3n) is 5.65. The molecule has 192 valence electrons. The second-order valence-corrected chi connectivity index (χ2v) is 10.2. The topological polar surface area (TPSA) is 80.2 Å². The van der Waals surface area contributed by atoms with Crippen LogP contribution in [0.2, 0.25) is 10.0 Å². The van der Waals surface area contributed by atoms with Gasteiger partial charge in [-0.25, -0.2) is 4.99 Å². The highest BCUT2D eigenvalue weighted by atomic mass is 35.5. The van der Waals surface area contributed by atoms with Gasteiger partial charge in [-0.3, -0.25) is 14.5 Å². The Morgan fingerprint density at radius 3 is 2.49 bits per heavy atom. The Morgan fingerprint density at radius 1 is 1.03 bits per heavy atom. The molecule has 1 heterocycles. The monoisotopic (exact) mass is 557 g/mol. The number of methoxy groups -OCH3 is 2. The van der Waals surface area contributed by atoms with Crippen molar-refractivity contribution in [3.05, 3.63) is 82.3 Å². The fourth-order valence-corrected chi connectivity index (χ4v) is 5.19. The van der Waals surface area contributed by atoms with Crippen LogP contribution in [0.5, 0.6) is 11.5 Å². The van der Waals surface area contributed by atoms with Crippen LogP contribution in [0.1, 0.15) is 12.0 Å². The molecule has 1 aliphatic rings. The molecule has 1 saturated heterocycles. The van der Waals surface area contributed by atoms with Gasteiger partial charge in [0.1, 0.15) is 5.25 Å². The van der Waals surface area contributed by atoms with Gasteiger partial charge >= 0.3 is 0 Å². The first kappa shape index (κ1) is 26.9.